The largest absolute Gasteiger partial charge is 0.289 e. The Morgan fingerprint density at radius 2 is 2.06 bits per heavy atom. The van der Waals surface area contributed by atoms with Gasteiger partial charge < -0.3 is 0 Å². The van der Waals surface area contributed by atoms with Gasteiger partial charge in [0.2, 0.25) is 0 Å². The fourth-order valence-corrected chi connectivity index (χ4v) is 3.19. The van der Waals surface area contributed by atoms with Gasteiger partial charge in [-0.1, -0.05) is 23.2 Å². The molecule has 0 bridgehead atoms. The number of thiophene rings is 1. The molecule has 0 amide bonds. The van der Waals surface area contributed by atoms with Gasteiger partial charge in [0.25, 0.3) is 0 Å². The van der Waals surface area contributed by atoms with Gasteiger partial charge in [-0.3, -0.25) is 4.79 Å². The van der Waals surface area contributed by atoms with Crippen LogP contribution in [0.1, 0.15) is 15.2 Å². The molecule has 0 N–H and O–H groups in total. The van der Waals surface area contributed by atoms with Gasteiger partial charge in [0.1, 0.15) is 0 Å². The van der Waals surface area contributed by atoms with Crippen molar-refractivity contribution < 1.29 is 4.79 Å². The number of allylic oxidation sites excluding steroid dienone is 1. The number of ketones is 1. The van der Waals surface area contributed by atoms with Crippen LogP contribution in [-0.2, 0) is 0 Å². The molecule has 0 radical (unpaired) electrons. The lowest BCUT2D eigenvalue weighted by Gasteiger charge is -1.99. The van der Waals surface area contributed by atoms with E-state index in [1.165, 1.54) is 6.08 Å². The summed E-state index contributed by atoms with van der Waals surface area (Å²) in [5.74, 6) is -0.138. The van der Waals surface area contributed by atoms with E-state index in [4.69, 9.17) is 23.2 Å². The quantitative estimate of drug-likeness (QED) is 0.505. The highest BCUT2D eigenvalue weighted by Gasteiger charge is 2.07. The molecule has 0 unspecified atom stereocenters. The summed E-state index contributed by atoms with van der Waals surface area (Å²) < 4.78 is 1.00. The van der Waals surface area contributed by atoms with E-state index in [1.807, 2.05) is 11.4 Å². The second-order valence-corrected chi connectivity index (χ2v) is 6.19. The summed E-state index contributed by atoms with van der Waals surface area (Å²) in [7, 11) is 0. The molecule has 1 heterocycles. The first-order valence-electron chi connectivity index (χ1n) is 4.98. The van der Waals surface area contributed by atoms with Gasteiger partial charge >= 0.3 is 0 Å². The van der Waals surface area contributed by atoms with Crippen molar-refractivity contribution in [3.63, 3.8) is 0 Å². The normalized spacial score (nSPS) is 11.1. The summed E-state index contributed by atoms with van der Waals surface area (Å²) in [6.07, 6.45) is 3.27. The van der Waals surface area contributed by atoms with Crippen LogP contribution >= 0.6 is 50.5 Å². The average molecular weight is 362 g/mol. The van der Waals surface area contributed by atoms with E-state index in [9.17, 15) is 4.79 Å². The van der Waals surface area contributed by atoms with E-state index in [0.29, 0.717) is 15.6 Å². The third-order valence-electron chi connectivity index (χ3n) is 2.18. The first-order valence-corrected chi connectivity index (χ1v) is 7.40. The van der Waals surface area contributed by atoms with Crippen molar-refractivity contribution in [3.05, 3.63) is 60.7 Å². The molecule has 1 aromatic heterocycles. The zero-order chi connectivity index (χ0) is 13.1. The van der Waals surface area contributed by atoms with Crippen molar-refractivity contribution in [2.75, 3.05) is 0 Å². The van der Waals surface area contributed by atoms with Crippen LogP contribution in [0.15, 0.2) is 40.2 Å². The molecule has 2 aromatic rings. The summed E-state index contributed by atoms with van der Waals surface area (Å²) in [5.41, 5.74) is 0.452. The second-order valence-electron chi connectivity index (χ2n) is 3.49. The van der Waals surface area contributed by atoms with Crippen LogP contribution in [-0.4, -0.2) is 5.78 Å². The van der Waals surface area contributed by atoms with Gasteiger partial charge in [0, 0.05) is 25.3 Å². The first-order chi connectivity index (χ1) is 8.56. The molecule has 1 aromatic carbocycles. The van der Waals surface area contributed by atoms with Crippen LogP contribution < -0.4 is 0 Å². The lowest BCUT2D eigenvalue weighted by molar-refractivity contribution is 0.104. The van der Waals surface area contributed by atoms with Gasteiger partial charge in [-0.05, 0) is 52.3 Å². The molecule has 0 aliphatic rings. The molecule has 1 nitrogen and oxygen atoms in total. The molecule has 92 valence electrons. The van der Waals surface area contributed by atoms with Crippen LogP contribution in [0.25, 0.3) is 6.08 Å². The topological polar surface area (TPSA) is 17.1 Å². The monoisotopic (exact) mass is 360 g/mol. The number of carbonyl (C=O) groups excluding carboxylic acids is 1. The molecule has 0 aliphatic carbocycles. The van der Waals surface area contributed by atoms with Crippen molar-refractivity contribution in [1.29, 1.82) is 0 Å². The number of benzene rings is 1. The molecule has 18 heavy (non-hydrogen) atoms. The van der Waals surface area contributed by atoms with E-state index in [0.717, 1.165) is 9.35 Å². The van der Waals surface area contributed by atoms with Gasteiger partial charge in [0.05, 0.1) is 5.02 Å². The van der Waals surface area contributed by atoms with Crippen LogP contribution in [0.5, 0.6) is 0 Å². The summed E-state index contributed by atoms with van der Waals surface area (Å²) in [6.45, 7) is 0. The number of carbonyl (C=O) groups is 1. The number of hydrogen-bond acceptors (Lipinski definition) is 2. The number of halogens is 3. The van der Waals surface area contributed by atoms with Crippen molar-refractivity contribution in [1.82, 2.24) is 0 Å². The van der Waals surface area contributed by atoms with Gasteiger partial charge in [0.15, 0.2) is 5.78 Å². The van der Waals surface area contributed by atoms with E-state index >= 15 is 0 Å². The summed E-state index contributed by atoms with van der Waals surface area (Å²) in [6, 6.07) is 6.78. The molecule has 2 rings (SSSR count). The molecule has 0 spiro atoms. The second kappa shape index (κ2) is 6.02. The molecule has 0 aliphatic heterocycles. The van der Waals surface area contributed by atoms with Crippen LogP contribution in [0.2, 0.25) is 10.0 Å². The van der Waals surface area contributed by atoms with Gasteiger partial charge in [-0.2, -0.15) is 0 Å². The molecule has 0 fully saturated rings. The number of rotatable bonds is 3. The van der Waals surface area contributed by atoms with Crippen molar-refractivity contribution in [3.8, 4) is 0 Å². The van der Waals surface area contributed by atoms with E-state index in [-0.39, 0.29) is 5.78 Å². The lowest BCUT2D eigenvalue weighted by atomic mass is 10.1. The van der Waals surface area contributed by atoms with Crippen molar-refractivity contribution in [2.24, 2.45) is 0 Å². The molecular formula is C13H7BrCl2OS. The molecule has 0 saturated heterocycles. The number of hydrogen-bond donors (Lipinski definition) is 0. The van der Waals surface area contributed by atoms with Crippen LogP contribution in [0, 0.1) is 0 Å². The minimum Gasteiger partial charge on any atom is -0.289 e. The SMILES string of the molecule is O=C(/C=C/c1cc(Br)cs1)c1ccc(Cl)cc1Cl. The standard InChI is InChI=1S/C13H7BrCl2OS/c14-8-5-10(18-7-8)2-4-13(17)11-3-1-9(15)6-12(11)16/h1-7H/b4-2+. The highest BCUT2D eigenvalue weighted by molar-refractivity contribution is 9.10. The maximum absolute atomic E-state index is 11.9. The smallest absolute Gasteiger partial charge is 0.187 e. The Kier molecular flexibility index (Phi) is 4.62. The van der Waals surface area contributed by atoms with E-state index in [1.54, 1.807) is 35.6 Å². The Labute approximate surface area is 127 Å². The molecule has 0 saturated carbocycles. The van der Waals surface area contributed by atoms with Gasteiger partial charge in [-0.25, -0.2) is 0 Å². The Balaban J connectivity index is 2.19. The minimum atomic E-state index is -0.138. The van der Waals surface area contributed by atoms with E-state index in [2.05, 4.69) is 15.9 Å². The maximum Gasteiger partial charge on any atom is 0.187 e. The summed E-state index contributed by atoms with van der Waals surface area (Å²) in [5, 5.41) is 2.84. The third-order valence-corrected chi connectivity index (χ3v) is 4.39. The fourth-order valence-electron chi connectivity index (χ4n) is 1.35. The summed E-state index contributed by atoms with van der Waals surface area (Å²) in [4.78, 5) is 12.9. The average Bonchev–Trinajstić information content (AvgIpc) is 2.72. The highest BCUT2D eigenvalue weighted by Crippen LogP contribution is 2.23. The minimum absolute atomic E-state index is 0.138. The zero-order valence-electron chi connectivity index (χ0n) is 8.99. The van der Waals surface area contributed by atoms with Crippen molar-refractivity contribution >= 4 is 62.3 Å². The lowest BCUT2D eigenvalue weighted by Crippen LogP contribution is -1.94. The predicted octanol–water partition coefficient (Wildman–Crippen LogP) is 5.71. The molecule has 0 atom stereocenters. The van der Waals surface area contributed by atoms with Crippen LogP contribution in [0.3, 0.4) is 0 Å². The highest BCUT2D eigenvalue weighted by atomic mass is 79.9. The van der Waals surface area contributed by atoms with Crippen molar-refractivity contribution in [2.45, 2.75) is 0 Å². The molecule has 5 heteroatoms. The first kappa shape index (κ1) is 13.8. The van der Waals surface area contributed by atoms with Crippen LogP contribution in [0.4, 0.5) is 0 Å². The zero-order valence-corrected chi connectivity index (χ0v) is 12.9. The summed E-state index contributed by atoms with van der Waals surface area (Å²) >= 11 is 16.7. The predicted molar refractivity (Wildman–Crippen MR) is 81.8 cm³/mol. The Hall–Kier alpha value is -0.610. The molecular weight excluding hydrogens is 355 g/mol. The van der Waals surface area contributed by atoms with Gasteiger partial charge in [-0.15, -0.1) is 11.3 Å². The Morgan fingerprint density at radius 3 is 2.67 bits per heavy atom. The Morgan fingerprint density at radius 1 is 1.28 bits per heavy atom. The fraction of sp³-hybridized carbons (Fsp3) is 0. The van der Waals surface area contributed by atoms with E-state index < -0.39 is 0 Å². The Bertz CT molecular complexity index is 619. The third kappa shape index (κ3) is 3.45. The maximum atomic E-state index is 11.9.